The molecule has 2 atom stereocenters. The largest absolute Gasteiger partial charge is 0.490 e. The number of nitrogens with one attached hydrogen (secondary N) is 1. The van der Waals surface area contributed by atoms with E-state index in [0.717, 1.165) is 52.6 Å². The molecule has 0 spiro atoms. The van der Waals surface area contributed by atoms with Gasteiger partial charge in [0, 0.05) is 22.5 Å². The maximum absolute atomic E-state index is 6.50. The van der Waals surface area contributed by atoms with Crippen molar-refractivity contribution in [3.63, 3.8) is 0 Å². The Morgan fingerprint density at radius 3 is 2.59 bits per heavy atom. The lowest BCUT2D eigenvalue weighted by molar-refractivity contribution is 0.210. The fourth-order valence-corrected chi connectivity index (χ4v) is 5.84. The lowest BCUT2D eigenvalue weighted by atomic mass is 10.0. The van der Waals surface area contributed by atoms with Crippen LogP contribution in [0.4, 0.5) is 5.69 Å². The van der Waals surface area contributed by atoms with Gasteiger partial charge in [-0.1, -0.05) is 23.7 Å². The third-order valence-electron chi connectivity index (χ3n) is 7.20. The Hall–Kier alpha value is -3.35. The minimum atomic E-state index is -0.225. The second-order valence-corrected chi connectivity index (χ2v) is 10.5. The number of nitrogens with zero attached hydrogens (tertiary/aromatic N) is 2. The van der Waals surface area contributed by atoms with Crippen LogP contribution in [0, 0.1) is 6.92 Å². The highest BCUT2D eigenvalue weighted by atomic mass is 35.5. The van der Waals surface area contributed by atoms with Crippen LogP contribution in [0.15, 0.2) is 83.4 Å². The van der Waals surface area contributed by atoms with Crippen LogP contribution in [-0.2, 0) is 0 Å². The Morgan fingerprint density at radius 1 is 1.03 bits per heavy atom. The van der Waals surface area contributed by atoms with Gasteiger partial charge >= 0.3 is 0 Å². The van der Waals surface area contributed by atoms with Gasteiger partial charge in [0.15, 0.2) is 5.11 Å². The molecule has 0 radical (unpaired) electrons. The topological polar surface area (TPSA) is 50.5 Å². The van der Waals surface area contributed by atoms with Crippen molar-refractivity contribution in [2.45, 2.75) is 50.8 Å². The quantitative estimate of drug-likeness (QED) is 0.257. The molecule has 2 aliphatic rings. The molecule has 188 valence electrons. The average Bonchev–Trinajstić information content (AvgIpc) is 3.67. The normalized spacial score (nSPS) is 19.8. The van der Waals surface area contributed by atoms with E-state index < -0.39 is 0 Å². The smallest absolute Gasteiger partial charge is 0.174 e. The van der Waals surface area contributed by atoms with Gasteiger partial charge in [-0.2, -0.15) is 0 Å². The number of anilines is 1. The lowest BCUT2D eigenvalue weighted by Gasteiger charge is -2.26. The summed E-state index contributed by atoms with van der Waals surface area (Å²) in [6.45, 7) is 2.05. The van der Waals surface area contributed by atoms with Crippen molar-refractivity contribution in [3.8, 4) is 17.1 Å². The standard InChI is InChI=1S/C30H28ClN3O2S/c1-19-9-10-20(31)18-24(19)26-15-16-27(36-26)29-28(25-8-4-5-17-32-25)33-30(37)34(29)21-11-13-23(14-12-21)35-22-6-2-3-7-22/h4-5,8-18,22,28-29H,2-3,6-7H2,1H3,(H,33,37). The molecule has 4 aromatic rings. The zero-order valence-electron chi connectivity index (χ0n) is 20.6. The van der Waals surface area contributed by atoms with E-state index in [4.69, 9.17) is 33.0 Å². The summed E-state index contributed by atoms with van der Waals surface area (Å²) < 4.78 is 12.7. The molecule has 2 aromatic carbocycles. The van der Waals surface area contributed by atoms with Gasteiger partial charge in [0.25, 0.3) is 0 Å². The highest BCUT2D eigenvalue weighted by Crippen LogP contribution is 2.43. The molecule has 2 fully saturated rings. The maximum Gasteiger partial charge on any atom is 0.174 e. The fourth-order valence-electron chi connectivity index (χ4n) is 5.32. The van der Waals surface area contributed by atoms with E-state index >= 15 is 0 Å². The first-order valence-electron chi connectivity index (χ1n) is 12.7. The highest BCUT2D eigenvalue weighted by molar-refractivity contribution is 7.80. The Balaban J connectivity index is 1.36. The van der Waals surface area contributed by atoms with Crippen LogP contribution >= 0.6 is 23.8 Å². The summed E-state index contributed by atoms with van der Waals surface area (Å²) in [6.07, 6.45) is 6.86. The molecule has 1 saturated carbocycles. The van der Waals surface area contributed by atoms with Crippen molar-refractivity contribution in [2.75, 3.05) is 4.90 Å². The molecule has 5 nitrogen and oxygen atoms in total. The molecule has 1 N–H and O–H groups in total. The number of rotatable bonds is 6. The molecule has 2 aromatic heterocycles. The molecular weight excluding hydrogens is 502 g/mol. The predicted octanol–water partition coefficient (Wildman–Crippen LogP) is 7.80. The molecule has 0 bridgehead atoms. The van der Waals surface area contributed by atoms with Crippen molar-refractivity contribution >= 4 is 34.6 Å². The van der Waals surface area contributed by atoms with E-state index in [1.165, 1.54) is 12.8 Å². The first kappa shape index (κ1) is 24.0. The number of furan rings is 1. The second-order valence-electron chi connectivity index (χ2n) is 9.68. The molecule has 6 rings (SSSR count). The van der Waals surface area contributed by atoms with Crippen LogP contribution in [0.25, 0.3) is 11.3 Å². The molecule has 1 aliphatic carbocycles. The Bertz CT molecular complexity index is 1400. The van der Waals surface area contributed by atoms with Crippen LogP contribution in [0.5, 0.6) is 5.75 Å². The van der Waals surface area contributed by atoms with Crippen LogP contribution in [0.3, 0.4) is 0 Å². The van der Waals surface area contributed by atoms with Gasteiger partial charge in [0.05, 0.1) is 17.8 Å². The van der Waals surface area contributed by atoms with Gasteiger partial charge < -0.3 is 19.4 Å². The number of ether oxygens (including phenoxy) is 1. The number of pyridine rings is 1. The van der Waals surface area contributed by atoms with Crippen molar-refractivity contribution in [2.24, 2.45) is 0 Å². The number of thiocarbonyl (C=S) groups is 1. The van der Waals surface area contributed by atoms with Crippen LogP contribution in [0.1, 0.15) is 54.8 Å². The second kappa shape index (κ2) is 10.2. The van der Waals surface area contributed by atoms with Crippen molar-refractivity contribution in [1.82, 2.24) is 10.3 Å². The molecule has 7 heteroatoms. The third kappa shape index (κ3) is 4.83. The summed E-state index contributed by atoms with van der Waals surface area (Å²) in [5.41, 5.74) is 3.94. The summed E-state index contributed by atoms with van der Waals surface area (Å²) in [4.78, 5) is 6.75. The molecule has 1 saturated heterocycles. The zero-order chi connectivity index (χ0) is 25.4. The van der Waals surface area contributed by atoms with Crippen LogP contribution in [0.2, 0.25) is 5.02 Å². The zero-order valence-corrected chi connectivity index (χ0v) is 22.1. The van der Waals surface area contributed by atoms with Crippen molar-refractivity contribution in [1.29, 1.82) is 0 Å². The van der Waals surface area contributed by atoms with Gasteiger partial charge in [0.2, 0.25) is 0 Å². The summed E-state index contributed by atoms with van der Waals surface area (Å²) >= 11 is 12.2. The summed E-state index contributed by atoms with van der Waals surface area (Å²) in [7, 11) is 0. The first-order valence-corrected chi connectivity index (χ1v) is 13.5. The molecule has 1 aliphatic heterocycles. The Labute approximate surface area is 227 Å². The number of hydrogen-bond acceptors (Lipinski definition) is 4. The number of halogens is 1. The molecule has 3 heterocycles. The third-order valence-corrected chi connectivity index (χ3v) is 7.75. The average molecular weight is 530 g/mol. The molecule has 2 unspecified atom stereocenters. The summed E-state index contributed by atoms with van der Waals surface area (Å²) in [6, 6.07) is 23.6. The van der Waals surface area contributed by atoms with Gasteiger partial charge in [0.1, 0.15) is 23.3 Å². The first-order chi connectivity index (χ1) is 18.1. The SMILES string of the molecule is Cc1ccc(Cl)cc1-c1ccc(C2C(c3ccccn3)NC(=S)N2c2ccc(OC3CCCC3)cc2)o1. The van der Waals surface area contributed by atoms with Gasteiger partial charge in [-0.05, 0) is 111 Å². The minimum absolute atomic E-state index is 0.178. The molecule has 0 amide bonds. The van der Waals surface area contributed by atoms with Gasteiger partial charge in [-0.15, -0.1) is 0 Å². The highest BCUT2D eigenvalue weighted by Gasteiger charge is 2.42. The van der Waals surface area contributed by atoms with Gasteiger partial charge in [-0.25, -0.2) is 0 Å². The number of hydrogen-bond donors (Lipinski definition) is 1. The Morgan fingerprint density at radius 2 is 1.84 bits per heavy atom. The minimum Gasteiger partial charge on any atom is -0.490 e. The number of benzene rings is 2. The predicted molar refractivity (Wildman–Crippen MR) is 151 cm³/mol. The number of aromatic nitrogens is 1. The van der Waals surface area contributed by atoms with E-state index in [2.05, 4.69) is 34.3 Å². The lowest BCUT2D eigenvalue weighted by Crippen LogP contribution is -2.29. The van der Waals surface area contributed by atoms with Crippen molar-refractivity contribution < 1.29 is 9.15 Å². The molecular formula is C30H28ClN3O2S. The van der Waals surface area contributed by atoms with Gasteiger partial charge in [-0.3, -0.25) is 4.98 Å². The van der Waals surface area contributed by atoms with E-state index in [1.54, 1.807) is 6.20 Å². The van der Waals surface area contributed by atoms with Crippen LogP contribution in [-0.4, -0.2) is 16.2 Å². The number of aryl methyl sites for hydroxylation is 1. The summed E-state index contributed by atoms with van der Waals surface area (Å²) in [5, 5.41) is 4.80. The van der Waals surface area contributed by atoms with Crippen LogP contribution < -0.4 is 15.0 Å². The fraction of sp³-hybridized carbons (Fsp3) is 0.267. The van der Waals surface area contributed by atoms with E-state index in [9.17, 15) is 0 Å². The van der Waals surface area contributed by atoms with E-state index in [-0.39, 0.29) is 12.1 Å². The van der Waals surface area contributed by atoms with E-state index in [0.29, 0.717) is 16.2 Å². The maximum atomic E-state index is 6.50. The molecule has 37 heavy (non-hydrogen) atoms. The van der Waals surface area contributed by atoms with E-state index in [1.807, 2.05) is 60.7 Å². The Kier molecular flexibility index (Phi) is 6.61. The van der Waals surface area contributed by atoms with Crippen molar-refractivity contribution in [3.05, 3.63) is 101 Å². The summed E-state index contributed by atoms with van der Waals surface area (Å²) in [5.74, 6) is 2.46. The monoisotopic (exact) mass is 529 g/mol.